The predicted molar refractivity (Wildman–Crippen MR) is 105 cm³/mol. The number of halogens is 1. The van der Waals surface area contributed by atoms with Crippen molar-refractivity contribution in [1.82, 2.24) is 0 Å². The number of rotatable bonds is 7. The molecule has 134 valence electrons. The fraction of sp³-hybridized carbons (Fsp3) is 0.200. The van der Waals surface area contributed by atoms with E-state index in [2.05, 4.69) is 22.6 Å². The molecule has 3 rings (SSSR count). The van der Waals surface area contributed by atoms with Crippen LogP contribution in [0.5, 0.6) is 5.75 Å². The second kappa shape index (κ2) is 8.35. The number of fused-ring (bicyclic) bond motifs is 1. The third-order valence-corrected chi connectivity index (χ3v) is 4.57. The van der Waals surface area contributed by atoms with Crippen molar-refractivity contribution >= 4 is 45.8 Å². The van der Waals surface area contributed by atoms with Crippen LogP contribution < -0.4 is 4.74 Å². The van der Waals surface area contributed by atoms with Crippen LogP contribution >= 0.6 is 22.6 Å². The van der Waals surface area contributed by atoms with Gasteiger partial charge in [-0.05, 0) is 59.3 Å². The molecular formula is C20H17IO5. The molecule has 5 nitrogen and oxygen atoms in total. The van der Waals surface area contributed by atoms with E-state index in [1.54, 1.807) is 13.0 Å². The van der Waals surface area contributed by atoms with E-state index in [1.165, 1.54) is 0 Å². The van der Waals surface area contributed by atoms with Crippen molar-refractivity contribution in [2.24, 2.45) is 0 Å². The number of esters is 1. The summed E-state index contributed by atoms with van der Waals surface area (Å²) in [5.41, 5.74) is 2.43. The van der Waals surface area contributed by atoms with Gasteiger partial charge in [-0.2, -0.15) is 0 Å². The molecule has 0 spiro atoms. The molecule has 0 aliphatic rings. The van der Waals surface area contributed by atoms with Crippen molar-refractivity contribution in [3.63, 3.8) is 0 Å². The van der Waals surface area contributed by atoms with Gasteiger partial charge in [0.05, 0.1) is 16.6 Å². The number of aldehydes is 1. The van der Waals surface area contributed by atoms with Gasteiger partial charge >= 0.3 is 5.97 Å². The Kier molecular flexibility index (Phi) is 5.92. The molecule has 0 unspecified atom stereocenters. The second-order valence-electron chi connectivity index (χ2n) is 5.64. The minimum Gasteiger partial charge on any atom is -0.489 e. The van der Waals surface area contributed by atoms with Crippen molar-refractivity contribution in [3.8, 4) is 5.75 Å². The highest BCUT2D eigenvalue weighted by Crippen LogP contribution is 2.27. The van der Waals surface area contributed by atoms with E-state index < -0.39 is 0 Å². The summed E-state index contributed by atoms with van der Waals surface area (Å²) in [6.07, 6.45) is 0.864. The Bertz CT molecular complexity index is 945. The number of carbonyl (C=O) groups is 2. The van der Waals surface area contributed by atoms with Crippen LogP contribution in [0.15, 0.2) is 46.9 Å². The van der Waals surface area contributed by atoms with Gasteiger partial charge in [0.25, 0.3) is 0 Å². The zero-order valence-corrected chi connectivity index (χ0v) is 16.3. The zero-order valence-electron chi connectivity index (χ0n) is 14.2. The number of hydrogen-bond donors (Lipinski definition) is 0. The first-order valence-electron chi connectivity index (χ1n) is 8.14. The van der Waals surface area contributed by atoms with Crippen LogP contribution in [-0.4, -0.2) is 18.9 Å². The number of para-hydroxylation sites is 1. The lowest BCUT2D eigenvalue weighted by Gasteiger charge is -2.11. The Balaban J connectivity index is 1.78. The van der Waals surface area contributed by atoms with Crippen LogP contribution in [-0.2, 0) is 22.6 Å². The maximum Gasteiger partial charge on any atom is 0.310 e. The van der Waals surface area contributed by atoms with Crippen LogP contribution in [0.3, 0.4) is 0 Å². The molecule has 0 atom stereocenters. The molecule has 1 heterocycles. The van der Waals surface area contributed by atoms with Gasteiger partial charge in [-0.3, -0.25) is 9.59 Å². The van der Waals surface area contributed by atoms with Gasteiger partial charge in [0.1, 0.15) is 17.9 Å². The Morgan fingerprint density at radius 2 is 2.04 bits per heavy atom. The molecule has 0 bridgehead atoms. The van der Waals surface area contributed by atoms with Gasteiger partial charge in [-0.1, -0.05) is 18.2 Å². The average Bonchev–Trinajstić information content (AvgIpc) is 3.05. The lowest BCUT2D eigenvalue weighted by atomic mass is 10.1. The van der Waals surface area contributed by atoms with Gasteiger partial charge in [0.15, 0.2) is 12.0 Å². The van der Waals surface area contributed by atoms with E-state index in [0.717, 1.165) is 20.1 Å². The topological polar surface area (TPSA) is 65.7 Å². The normalized spacial score (nSPS) is 10.7. The first-order chi connectivity index (χ1) is 12.6. The Morgan fingerprint density at radius 3 is 2.81 bits per heavy atom. The molecular weight excluding hydrogens is 447 g/mol. The summed E-state index contributed by atoms with van der Waals surface area (Å²) in [6, 6.07) is 13.0. The second-order valence-corrected chi connectivity index (χ2v) is 6.80. The van der Waals surface area contributed by atoms with E-state index in [4.69, 9.17) is 13.9 Å². The van der Waals surface area contributed by atoms with Gasteiger partial charge in [0, 0.05) is 10.9 Å². The van der Waals surface area contributed by atoms with Crippen LogP contribution in [0.4, 0.5) is 0 Å². The minimum atomic E-state index is -0.278. The van der Waals surface area contributed by atoms with Crippen LogP contribution in [0.2, 0.25) is 0 Å². The molecule has 0 radical (unpaired) electrons. The minimum absolute atomic E-state index is 0.172. The van der Waals surface area contributed by atoms with Crippen molar-refractivity contribution in [2.45, 2.75) is 20.0 Å². The smallest absolute Gasteiger partial charge is 0.310 e. The Labute approximate surface area is 164 Å². The summed E-state index contributed by atoms with van der Waals surface area (Å²) in [7, 11) is 0. The highest BCUT2D eigenvalue weighted by atomic mass is 127. The maximum atomic E-state index is 11.7. The van der Waals surface area contributed by atoms with Crippen LogP contribution in [0.1, 0.15) is 28.6 Å². The molecule has 6 heteroatoms. The maximum absolute atomic E-state index is 11.7. The summed E-state index contributed by atoms with van der Waals surface area (Å²) >= 11 is 2.17. The summed E-state index contributed by atoms with van der Waals surface area (Å²) in [5, 5.41) is 0.859. The molecule has 0 N–H and O–H groups in total. The van der Waals surface area contributed by atoms with Crippen molar-refractivity contribution in [3.05, 3.63) is 62.9 Å². The first-order valence-corrected chi connectivity index (χ1v) is 9.22. The summed E-state index contributed by atoms with van der Waals surface area (Å²) in [4.78, 5) is 22.6. The summed E-state index contributed by atoms with van der Waals surface area (Å²) in [5.74, 6) is 0.673. The fourth-order valence-electron chi connectivity index (χ4n) is 2.65. The van der Waals surface area contributed by atoms with Crippen LogP contribution in [0.25, 0.3) is 11.0 Å². The lowest BCUT2D eigenvalue weighted by Crippen LogP contribution is -2.09. The number of ether oxygens (including phenoxy) is 2. The molecule has 2 aromatic carbocycles. The molecule has 26 heavy (non-hydrogen) atoms. The molecule has 0 saturated heterocycles. The SMILES string of the molecule is CCOC(=O)Cc1ccccc1OCc1cc(I)c2oc(C=O)cc2c1. The quantitative estimate of drug-likeness (QED) is 0.292. The molecule has 0 saturated carbocycles. The van der Waals surface area contributed by atoms with Gasteiger partial charge in [-0.15, -0.1) is 0 Å². The lowest BCUT2D eigenvalue weighted by molar-refractivity contribution is -0.142. The Morgan fingerprint density at radius 1 is 1.23 bits per heavy atom. The number of furan rings is 1. The standard InChI is InChI=1S/C20H17IO5/c1-2-24-19(23)10-14-5-3-4-6-18(14)25-12-13-7-15-9-16(11-22)26-20(15)17(21)8-13/h3-9,11H,2,10,12H2,1H3. The third-order valence-electron chi connectivity index (χ3n) is 3.77. The Hall–Kier alpha value is -2.35. The zero-order chi connectivity index (χ0) is 18.5. The van der Waals surface area contributed by atoms with Crippen molar-refractivity contribution in [1.29, 1.82) is 0 Å². The monoisotopic (exact) mass is 464 g/mol. The van der Waals surface area contributed by atoms with E-state index in [0.29, 0.717) is 36.6 Å². The summed E-state index contributed by atoms with van der Waals surface area (Å²) in [6.45, 7) is 2.48. The third kappa shape index (κ3) is 4.24. The van der Waals surface area contributed by atoms with E-state index in [-0.39, 0.29) is 12.4 Å². The van der Waals surface area contributed by atoms with Gasteiger partial charge in [0.2, 0.25) is 0 Å². The van der Waals surface area contributed by atoms with Crippen LogP contribution in [0, 0.1) is 3.57 Å². The summed E-state index contributed by atoms with van der Waals surface area (Å²) < 4.78 is 17.3. The molecule has 0 amide bonds. The number of carbonyl (C=O) groups excluding carboxylic acids is 2. The highest BCUT2D eigenvalue weighted by molar-refractivity contribution is 14.1. The number of benzene rings is 2. The average molecular weight is 464 g/mol. The van der Waals surface area contributed by atoms with E-state index >= 15 is 0 Å². The molecule has 0 aliphatic carbocycles. The molecule has 0 aliphatic heterocycles. The molecule has 3 aromatic rings. The number of hydrogen-bond acceptors (Lipinski definition) is 5. The van der Waals surface area contributed by atoms with E-state index in [9.17, 15) is 9.59 Å². The molecule has 1 aromatic heterocycles. The fourth-order valence-corrected chi connectivity index (χ4v) is 3.47. The van der Waals surface area contributed by atoms with Gasteiger partial charge < -0.3 is 13.9 Å². The van der Waals surface area contributed by atoms with Gasteiger partial charge in [-0.25, -0.2) is 0 Å². The van der Waals surface area contributed by atoms with Crippen molar-refractivity contribution < 1.29 is 23.5 Å². The first kappa shape index (κ1) is 18.4. The van der Waals surface area contributed by atoms with E-state index in [1.807, 2.05) is 36.4 Å². The van der Waals surface area contributed by atoms with Crippen molar-refractivity contribution in [2.75, 3.05) is 6.61 Å². The predicted octanol–water partition coefficient (Wildman–Crippen LogP) is 4.53. The highest BCUT2D eigenvalue weighted by Gasteiger charge is 2.12. The molecule has 0 fully saturated rings. The largest absolute Gasteiger partial charge is 0.489 e.